The van der Waals surface area contributed by atoms with Gasteiger partial charge in [-0.15, -0.1) is 0 Å². The van der Waals surface area contributed by atoms with Crippen LogP contribution in [0.5, 0.6) is 0 Å². The van der Waals surface area contributed by atoms with Gasteiger partial charge in [-0.3, -0.25) is 9.59 Å². The van der Waals surface area contributed by atoms with Crippen LogP contribution < -0.4 is 0 Å². The van der Waals surface area contributed by atoms with E-state index in [2.05, 4.69) is 0 Å². The maximum Gasteiger partial charge on any atom is 0.168 e. The number of hydrogen-bond donors (Lipinski definition) is 1. The molecule has 0 bridgehead atoms. The minimum atomic E-state index is -0.530. The standard InChI is InChI=1S/C19H26O3/c1-19(2,18(22)14-8-4-3-5-9-14)16-11-12-17(21)15(16)10-6-7-13-20/h3-5,8-9,15-16,20H,6-7,10-13H2,1-2H3/t15-,16-/m0/s1. The van der Waals surface area contributed by atoms with Gasteiger partial charge in [0.05, 0.1) is 0 Å². The smallest absolute Gasteiger partial charge is 0.168 e. The van der Waals surface area contributed by atoms with Crippen molar-refractivity contribution in [2.24, 2.45) is 17.3 Å². The molecule has 0 aliphatic heterocycles. The molecule has 3 nitrogen and oxygen atoms in total. The van der Waals surface area contributed by atoms with E-state index in [-0.39, 0.29) is 30.0 Å². The summed E-state index contributed by atoms with van der Waals surface area (Å²) < 4.78 is 0. The summed E-state index contributed by atoms with van der Waals surface area (Å²) in [5, 5.41) is 8.93. The lowest BCUT2D eigenvalue weighted by Crippen LogP contribution is -2.36. The van der Waals surface area contributed by atoms with Crippen molar-refractivity contribution in [3.05, 3.63) is 35.9 Å². The number of aliphatic hydroxyl groups is 1. The number of Topliss-reactive ketones (excluding diaryl/α,β-unsaturated/α-hetero) is 2. The first-order chi connectivity index (χ1) is 10.5. The minimum absolute atomic E-state index is 0.0331. The Labute approximate surface area is 132 Å². The van der Waals surface area contributed by atoms with E-state index in [0.717, 1.165) is 31.2 Å². The molecule has 2 atom stereocenters. The molecule has 0 spiro atoms. The zero-order valence-corrected chi connectivity index (χ0v) is 13.5. The molecule has 0 unspecified atom stereocenters. The fourth-order valence-corrected chi connectivity index (χ4v) is 3.74. The Balaban J connectivity index is 2.16. The Morgan fingerprint density at radius 3 is 2.55 bits per heavy atom. The third kappa shape index (κ3) is 3.46. The Hall–Kier alpha value is -1.48. The molecule has 0 aromatic heterocycles. The highest BCUT2D eigenvalue weighted by Crippen LogP contribution is 2.45. The predicted molar refractivity (Wildman–Crippen MR) is 86.7 cm³/mol. The Morgan fingerprint density at radius 2 is 1.91 bits per heavy atom. The van der Waals surface area contributed by atoms with E-state index in [1.165, 1.54) is 0 Å². The van der Waals surface area contributed by atoms with E-state index in [1.54, 1.807) is 0 Å². The Morgan fingerprint density at radius 1 is 1.23 bits per heavy atom. The summed E-state index contributed by atoms with van der Waals surface area (Å²) in [5.74, 6) is 0.484. The molecular formula is C19H26O3. The molecular weight excluding hydrogens is 276 g/mol. The molecule has 1 N–H and O–H groups in total. The molecule has 1 aliphatic rings. The molecule has 1 aromatic carbocycles. The zero-order valence-electron chi connectivity index (χ0n) is 13.5. The third-order valence-electron chi connectivity index (χ3n) is 5.07. The van der Waals surface area contributed by atoms with Crippen molar-refractivity contribution >= 4 is 11.6 Å². The van der Waals surface area contributed by atoms with E-state index in [9.17, 15) is 9.59 Å². The van der Waals surface area contributed by atoms with Gasteiger partial charge < -0.3 is 5.11 Å². The van der Waals surface area contributed by atoms with E-state index in [0.29, 0.717) is 6.42 Å². The van der Waals surface area contributed by atoms with Crippen LogP contribution in [-0.4, -0.2) is 23.3 Å². The second kappa shape index (κ2) is 7.19. The summed E-state index contributed by atoms with van der Waals surface area (Å²) in [6.45, 7) is 4.12. The summed E-state index contributed by atoms with van der Waals surface area (Å²) >= 11 is 0. The highest BCUT2D eigenvalue weighted by Gasteiger charge is 2.46. The second-order valence-electron chi connectivity index (χ2n) is 6.85. The summed E-state index contributed by atoms with van der Waals surface area (Å²) in [6.07, 6.45) is 3.74. The molecule has 3 heteroatoms. The predicted octanol–water partition coefficient (Wildman–Crippen LogP) is 3.65. The molecule has 1 aliphatic carbocycles. The molecule has 0 heterocycles. The summed E-state index contributed by atoms with van der Waals surface area (Å²) in [5.41, 5.74) is 0.193. The highest BCUT2D eigenvalue weighted by atomic mass is 16.2. The first-order valence-electron chi connectivity index (χ1n) is 8.22. The maximum atomic E-state index is 12.9. The number of hydrogen-bond acceptors (Lipinski definition) is 3. The van der Waals surface area contributed by atoms with Crippen LogP contribution in [0.2, 0.25) is 0 Å². The lowest BCUT2D eigenvalue weighted by Gasteiger charge is -2.34. The van der Waals surface area contributed by atoms with Gasteiger partial charge in [-0.1, -0.05) is 50.6 Å². The number of rotatable bonds is 7. The van der Waals surface area contributed by atoms with Crippen LogP contribution in [0.25, 0.3) is 0 Å². The van der Waals surface area contributed by atoms with Crippen molar-refractivity contribution in [2.45, 2.75) is 46.0 Å². The van der Waals surface area contributed by atoms with Gasteiger partial charge in [0.1, 0.15) is 5.78 Å². The molecule has 0 saturated heterocycles. The fraction of sp³-hybridized carbons (Fsp3) is 0.579. The number of unbranched alkanes of at least 4 members (excludes halogenated alkanes) is 1. The molecule has 2 rings (SSSR count). The van der Waals surface area contributed by atoms with E-state index in [4.69, 9.17) is 5.11 Å². The molecule has 1 fully saturated rings. The summed E-state index contributed by atoms with van der Waals surface area (Å²) in [6, 6.07) is 9.35. The Kier molecular flexibility index (Phi) is 5.52. The number of carbonyl (C=O) groups excluding carboxylic acids is 2. The first-order valence-corrected chi connectivity index (χ1v) is 8.22. The molecule has 22 heavy (non-hydrogen) atoms. The third-order valence-corrected chi connectivity index (χ3v) is 5.07. The molecule has 1 aromatic rings. The van der Waals surface area contributed by atoms with Gasteiger partial charge in [-0.25, -0.2) is 0 Å². The van der Waals surface area contributed by atoms with Gasteiger partial charge >= 0.3 is 0 Å². The largest absolute Gasteiger partial charge is 0.396 e. The van der Waals surface area contributed by atoms with Crippen molar-refractivity contribution in [1.29, 1.82) is 0 Å². The van der Waals surface area contributed by atoms with Crippen molar-refractivity contribution in [1.82, 2.24) is 0 Å². The van der Waals surface area contributed by atoms with Crippen LogP contribution in [0.3, 0.4) is 0 Å². The lowest BCUT2D eigenvalue weighted by molar-refractivity contribution is -0.122. The topological polar surface area (TPSA) is 54.4 Å². The minimum Gasteiger partial charge on any atom is -0.396 e. The van der Waals surface area contributed by atoms with Gasteiger partial charge in [0.15, 0.2) is 5.78 Å². The van der Waals surface area contributed by atoms with Crippen LogP contribution >= 0.6 is 0 Å². The zero-order chi connectivity index (χ0) is 16.2. The van der Waals surface area contributed by atoms with Crippen LogP contribution in [0, 0.1) is 17.3 Å². The maximum absolute atomic E-state index is 12.9. The van der Waals surface area contributed by atoms with Crippen LogP contribution in [0.1, 0.15) is 56.3 Å². The fourth-order valence-electron chi connectivity index (χ4n) is 3.74. The monoisotopic (exact) mass is 302 g/mol. The number of ketones is 2. The van der Waals surface area contributed by atoms with Gasteiger partial charge in [-0.05, 0) is 25.2 Å². The van der Waals surface area contributed by atoms with Crippen molar-refractivity contribution in [3.63, 3.8) is 0 Å². The van der Waals surface area contributed by atoms with Crippen molar-refractivity contribution < 1.29 is 14.7 Å². The number of benzene rings is 1. The van der Waals surface area contributed by atoms with Crippen molar-refractivity contribution in [2.75, 3.05) is 6.61 Å². The van der Waals surface area contributed by atoms with Gasteiger partial charge in [0, 0.05) is 29.9 Å². The van der Waals surface area contributed by atoms with Crippen LogP contribution in [0.4, 0.5) is 0 Å². The number of carbonyl (C=O) groups is 2. The Bertz CT molecular complexity index is 519. The average Bonchev–Trinajstić information content (AvgIpc) is 2.89. The average molecular weight is 302 g/mol. The lowest BCUT2D eigenvalue weighted by atomic mass is 9.68. The van der Waals surface area contributed by atoms with Crippen LogP contribution in [-0.2, 0) is 4.79 Å². The van der Waals surface area contributed by atoms with E-state index < -0.39 is 5.41 Å². The van der Waals surface area contributed by atoms with Gasteiger partial charge in [0.25, 0.3) is 0 Å². The normalized spacial score (nSPS) is 22.0. The van der Waals surface area contributed by atoms with E-state index in [1.807, 2.05) is 44.2 Å². The second-order valence-corrected chi connectivity index (χ2v) is 6.85. The van der Waals surface area contributed by atoms with Crippen molar-refractivity contribution in [3.8, 4) is 0 Å². The number of aliphatic hydroxyl groups excluding tert-OH is 1. The summed E-state index contributed by atoms with van der Waals surface area (Å²) in [4.78, 5) is 25.1. The molecule has 120 valence electrons. The molecule has 0 amide bonds. The first kappa shape index (κ1) is 16.9. The highest BCUT2D eigenvalue weighted by molar-refractivity contribution is 6.01. The molecule has 0 radical (unpaired) electrons. The quantitative estimate of drug-likeness (QED) is 0.618. The van der Waals surface area contributed by atoms with Crippen LogP contribution in [0.15, 0.2) is 30.3 Å². The SMILES string of the molecule is CC(C)(C(=O)c1ccccc1)[C@H]1CCC(=O)[C@H]1CCCCO. The summed E-state index contributed by atoms with van der Waals surface area (Å²) in [7, 11) is 0. The van der Waals surface area contributed by atoms with Gasteiger partial charge in [-0.2, -0.15) is 0 Å². The van der Waals surface area contributed by atoms with E-state index >= 15 is 0 Å². The molecule has 1 saturated carbocycles. The van der Waals surface area contributed by atoms with Gasteiger partial charge in [0.2, 0.25) is 0 Å².